The lowest BCUT2D eigenvalue weighted by Gasteiger charge is -2.19. The molecule has 0 spiro atoms. The Morgan fingerprint density at radius 3 is 2.79 bits per heavy atom. The summed E-state index contributed by atoms with van der Waals surface area (Å²) >= 11 is 11.8. The second kappa shape index (κ2) is 6.01. The van der Waals surface area contributed by atoms with Crippen molar-refractivity contribution in [1.29, 1.82) is 0 Å². The monoisotopic (exact) mass is 249 g/mol. The highest BCUT2D eigenvalue weighted by Gasteiger charge is 2.06. The fourth-order valence-corrected chi connectivity index (χ4v) is 2.64. The van der Waals surface area contributed by atoms with E-state index in [0.29, 0.717) is 5.92 Å². The first kappa shape index (κ1) is 12.4. The fraction of sp³-hybridized carbons (Fsp3) is 0.600. The summed E-state index contributed by atoms with van der Waals surface area (Å²) in [7, 11) is 2.13. The van der Waals surface area contributed by atoms with Crippen molar-refractivity contribution >= 4 is 35.6 Å². The first-order valence-electron chi connectivity index (χ1n) is 4.65. The van der Waals surface area contributed by atoms with Crippen molar-refractivity contribution in [3.05, 3.63) is 21.3 Å². The smallest absolute Gasteiger partial charge is 0.0931 e. The fourth-order valence-electron chi connectivity index (χ4n) is 1.36. The largest absolute Gasteiger partial charge is 0.301 e. The van der Waals surface area contributed by atoms with E-state index in [9.17, 15) is 0 Å². The minimum atomic E-state index is 0.638. The first-order chi connectivity index (χ1) is 6.61. The van der Waals surface area contributed by atoms with E-state index in [4.69, 9.17) is 11.6 Å². The van der Waals surface area contributed by atoms with E-state index in [0.717, 1.165) is 23.2 Å². The Morgan fingerprint density at radius 1 is 1.57 bits per heavy atom. The molecule has 14 heavy (non-hydrogen) atoms. The van der Waals surface area contributed by atoms with Gasteiger partial charge in [-0.3, -0.25) is 0 Å². The Bertz CT molecular complexity index is 275. The molecule has 0 aliphatic rings. The molecule has 0 saturated heterocycles. The van der Waals surface area contributed by atoms with E-state index in [2.05, 4.69) is 37.6 Å². The lowest BCUT2D eigenvalue weighted by Crippen LogP contribution is -2.24. The van der Waals surface area contributed by atoms with Crippen LogP contribution in [0.4, 0.5) is 0 Å². The molecular weight excluding hydrogens is 234 g/mol. The Morgan fingerprint density at radius 2 is 2.29 bits per heavy atom. The molecule has 1 atom stereocenters. The number of hydrogen-bond acceptors (Lipinski definition) is 3. The predicted molar refractivity (Wildman–Crippen MR) is 68.7 cm³/mol. The minimum absolute atomic E-state index is 0.638. The van der Waals surface area contributed by atoms with E-state index in [1.54, 1.807) is 11.3 Å². The molecule has 0 bridgehead atoms. The van der Waals surface area contributed by atoms with Crippen molar-refractivity contribution in [3.63, 3.8) is 0 Å². The highest BCUT2D eigenvalue weighted by Crippen LogP contribution is 2.22. The normalized spacial score (nSPS) is 13.5. The van der Waals surface area contributed by atoms with E-state index < -0.39 is 0 Å². The second-order valence-corrected chi connectivity index (χ2v) is 5.86. The molecule has 0 aliphatic heterocycles. The van der Waals surface area contributed by atoms with Crippen LogP contribution in [0.5, 0.6) is 0 Å². The minimum Gasteiger partial charge on any atom is -0.301 e. The van der Waals surface area contributed by atoms with Crippen molar-refractivity contribution in [2.75, 3.05) is 19.3 Å². The van der Waals surface area contributed by atoms with Crippen LogP contribution in [-0.4, -0.2) is 24.2 Å². The molecule has 0 N–H and O–H groups in total. The van der Waals surface area contributed by atoms with Gasteiger partial charge in [0.05, 0.1) is 4.34 Å². The van der Waals surface area contributed by atoms with Crippen molar-refractivity contribution in [3.8, 4) is 0 Å². The highest BCUT2D eigenvalue weighted by molar-refractivity contribution is 7.80. The Balaban J connectivity index is 2.37. The topological polar surface area (TPSA) is 3.24 Å². The summed E-state index contributed by atoms with van der Waals surface area (Å²) in [5.41, 5.74) is 0. The van der Waals surface area contributed by atoms with Crippen molar-refractivity contribution in [1.82, 2.24) is 4.90 Å². The summed E-state index contributed by atoms with van der Waals surface area (Å²) in [6.07, 6.45) is 0. The van der Waals surface area contributed by atoms with Crippen LogP contribution in [0.1, 0.15) is 11.8 Å². The molecule has 0 aliphatic carbocycles. The molecule has 0 amide bonds. The van der Waals surface area contributed by atoms with Gasteiger partial charge in [0, 0.05) is 18.0 Å². The molecule has 1 unspecified atom stereocenters. The van der Waals surface area contributed by atoms with E-state index >= 15 is 0 Å². The van der Waals surface area contributed by atoms with E-state index in [1.807, 2.05) is 6.07 Å². The third-order valence-corrected chi connectivity index (χ3v) is 3.83. The van der Waals surface area contributed by atoms with E-state index in [-0.39, 0.29) is 0 Å². The Kier molecular flexibility index (Phi) is 5.31. The van der Waals surface area contributed by atoms with Gasteiger partial charge in [0.15, 0.2) is 0 Å². The summed E-state index contributed by atoms with van der Waals surface area (Å²) < 4.78 is 0.871. The van der Waals surface area contributed by atoms with Crippen LogP contribution in [0, 0.1) is 5.92 Å². The maximum atomic E-state index is 5.86. The van der Waals surface area contributed by atoms with Gasteiger partial charge in [0.1, 0.15) is 0 Å². The van der Waals surface area contributed by atoms with E-state index in [1.165, 1.54) is 4.88 Å². The Hall–Kier alpha value is 0.300. The van der Waals surface area contributed by atoms with Crippen molar-refractivity contribution in [2.24, 2.45) is 5.92 Å². The number of rotatable bonds is 5. The average Bonchev–Trinajstić information content (AvgIpc) is 2.50. The Labute approximate surface area is 100 Å². The summed E-state index contributed by atoms with van der Waals surface area (Å²) in [6, 6.07) is 4.05. The van der Waals surface area contributed by atoms with Gasteiger partial charge in [-0.15, -0.1) is 11.3 Å². The molecule has 1 aromatic rings. The number of thiol groups is 1. The zero-order valence-electron chi connectivity index (χ0n) is 8.53. The summed E-state index contributed by atoms with van der Waals surface area (Å²) in [5, 5.41) is 0. The lowest BCUT2D eigenvalue weighted by atomic mass is 10.2. The zero-order valence-corrected chi connectivity index (χ0v) is 11.0. The average molecular weight is 250 g/mol. The molecule has 0 aromatic carbocycles. The third-order valence-electron chi connectivity index (χ3n) is 1.99. The van der Waals surface area contributed by atoms with Gasteiger partial charge in [-0.2, -0.15) is 12.6 Å². The molecule has 1 nitrogen and oxygen atoms in total. The van der Waals surface area contributed by atoms with Crippen LogP contribution in [0.15, 0.2) is 12.1 Å². The van der Waals surface area contributed by atoms with Gasteiger partial charge in [0.25, 0.3) is 0 Å². The standard InChI is InChI=1S/C10H16ClNS2/c1-8(7-13)5-12(2)6-9-3-4-10(11)14-9/h3-4,8,13H,5-7H2,1-2H3. The lowest BCUT2D eigenvalue weighted by molar-refractivity contribution is 0.293. The molecule has 1 aromatic heterocycles. The number of nitrogens with zero attached hydrogens (tertiary/aromatic N) is 1. The van der Waals surface area contributed by atoms with Crippen LogP contribution in [0.25, 0.3) is 0 Å². The maximum Gasteiger partial charge on any atom is 0.0931 e. The molecule has 1 rings (SSSR count). The van der Waals surface area contributed by atoms with Crippen molar-refractivity contribution in [2.45, 2.75) is 13.5 Å². The zero-order chi connectivity index (χ0) is 10.6. The van der Waals surface area contributed by atoms with Crippen LogP contribution in [0.3, 0.4) is 0 Å². The SMILES string of the molecule is CC(CS)CN(C)Cc1ccc(Cl)s1. The first-order valence-corrected chi connectivity index (χ1v) is 6.48. The summed E-state index contributed by atoms with van der Waals surface area (Å²) in [4.78, 5) is 3.63. The summed E-state index contributed by atoms with van der Waals surface area (Å²) in [6.45, 7) is 4.28. The molecule has 4 heteroatoms. The van der Waals surface area contributed by atoms with Gasteiger partial charge in [0.2, 0.25) is 0 Å². The summed E-state index contributed by atoms with van der Waals surface area (Å²) in [5.74, 6) is 1.58. The molecule has 80 valence electrons. The molecule has 1 heterocycles. The molecular formula is C10H16ClNS2. The highest BCUT2D eigenvalue weighted by atomic mass is 35.5. The van der Waals surface area contributed by atoms with Crippen molar-refractivity contribution < 1.29 is 0 Å². The number of hydrogen-bond donors (Lipinski definition) is 1. The van der Waals surface area contributed by atoms with Gasteiger partial charge in [-0.05, 0) is 30.9 Å². The van der Waals surface area contributed by atoms with Gasteiger partial charge >= 0.3 is 0 Å². The molecule has 0 saturated carbocycles. The van der Waals surface area contributed by atoms with Gasteiger partial charge < -0.3 is 4.90 Å². The van der Waals surface area contributed by atoms with Gasteiger partial charge in [-0.1, -0.05) is 18.5 Å². The predicted octanol–water partition coefficient (Wildman–Crippen LogP) is 3.40. The second-order valence-electron chi connectivity index (χ2n) is 3.69. The van der Waals surface area contributed by atoms with Crippen LogP contribution in [-0.2, 0) is 6.54 Å². The third kappa shape index (κ3) is 4.22. The van der Waals surface area contributed by atoms with Crippen LogP contribution in [0.2, 0.25) is 4.34 Å². The molecule has 0 radical (unpaired) electrons. The number of halogens is 1. The maximum absolute atomic E-state index is 5.86. The van der Waals surface area contributed by atoms with Gasteiger partial charge in [-0.25, -0.2) is 0 Å². The molecule has 0 fully saturated rings. The van der Waals surface area contributed by atoms with Crippen LogP contribution < -0.4 is 0 Å². The number of thiophene rings is 1. The van der Waals surface area contributed by atoms with Crippen LogP contribution >= 0.6 is 35.6 Å². The quantitative estimate of drug-likeness (QED) is 0.783.